The number of hydrogen-bond acceptors (Lipinski definition) is 3. The highest BCUT2D eigenvalue weighted by molar-refractivity contribution is 6.00. The van der Waals surface area contributed by atoms with Gasteiger partial charge in [0.25, 0.3) is 0 Å². The third-order valence-corrected chi connectivity index (χ3v) is 4.91. The summed E-state index contributed by atoms with van der Waals surface area (Å²) < 4.78 is 5.62. The van der Waals surface area contributed by atoms with Crippen molar-refractivity contribution in [2.75, 3.05) is 4.90 Å². The maximum Gasteiger partial charge on any atom is 0.310 e. The van der Waals surface area contributed by atoms with Gasteiger partial charge in [0.2, 0.25) is 5.91 Å². The number of carboxylic acid groups (broad SMARTS) is 1. The first-order valence-corrected chi connectivity index (χ1v) is 7.55. The minimum Gasteiger partial charge on any atom is -0.481 e. The smallest absolute Gasteiger partial charge is 0.310 e. The van der Waals surface area contributed by atoms with Gasteiger partial charge in [-0.15, -0.1) is 0 Å². The largest absolute Gasteiger partial charge is 0.481 e. The fourth-order valence-corrected chi connectivity index (χ4v) is 3.96. The lowest BCUT2D eigenvalue weighted by Crippen LogP contribution is -2.47. The van der Waals surface area contributed by atoms with E-state index in [0.717, 1.165) is 17.7 Å². The Morgan fingerprint density at radius 1 is 1.18 bits per heavy atom. The Kier molecular flexibility index (Phi) is 2.87. The summed E-state index contributed by atoms with van der Waals surface area (Å²) in [5.74, 6) is -2.53. The predicted molar refractivity (Wildman–Crippen MR) is 79.5 cm³/mol. The number of carboxylic acids is 1. The van der Waals surface area contributed by atoms with Crippen molar-refractivity contribution in [1.82, 2.24) is 0 Å². The molecule has 0 spiro atoms. The first-order valence-electron chi connectivity index (χ1n) is 7.55. The molecule has 1 aromatic carbocycles. The van der Waals surface area contributed by atoms with Crippen molar-refractivity contribution < 1.29 is 19.4 Å². The van der Waals surface area contributed by atoms with Crippen LogP contribution in [0.4, 0.5) is 5.69 Å². The fraction of sp³-hybridized carbons (Fsp3) is 0.412. The normalized spacial score (nSPS) is 35.0. The zero-order valence-corrected chi connectivity index (χ0v) is 12.2. The monoisotopic (exact) mass is 299 g/mol. The van der Waals surface area contributed by atoms with E-state index in [4.69, 9.17) is 4.74 Å². The van der Waals surface area contributed by atoms with Gasteiger partial charge in [0, 0.05) is 11.7 Å². The molecule has 1 aromatic rings. The molecule has 5 nitrogen and oxygen atoms in total. The minimum absolute atomic E-state index is 0.0439. The third-order valence-electron chi connectivity index (χ3n) is 4.91. The Morgan fingerprint density at radius 3 is 2.59 bits per heavy atom. The van der Waals surface area contributed by atoms with Crippen molar-refractivity contribution in [2.24, 2.45) is 11.8 Å². The second-order valence-corrected chi connectivity index (χ2v) is 6.23. The minimum atomic E-state index is -0.963. The van der Waals surface area contributed by atoms with E-state index in [-0.39, 0.29) is 11.9 Å². The third kappa shape index (κ3) is 1.75. The van der Waals surface area contributed by atoms with E-state index in [9.17, 15) is 14.7 Å². The van der Waals surface area contributed by atoms with Gasteiger partial charge in [-0.05, 0) is 25.0 Å². The van der Waals surface area contributed by atoms with E-state index < -0.39 is 30.0 Å². The van der Waals surface area contributed by atoms with Crippen LogP contribution in [0.15, 0.2) is 36.4 Å². The number of rotatable bonds is 2. The molecule has 4 rings (SSSR count). The molecule has 1 fully saturated rings. The summed E-state index contributed by atoms with van der Waals surface area (Å²) in [4.78, 5) is 26.4. The second-order valence-electron chi connectivity index (χ2n) is 6.23. The average Bonchev–Trinajstić information content (AvgIpc) is 3.17. The molecule has 0 aliphatic carbocycles. The van der Waals surface area contributed by atoms with Crippen molar-refractivity contribution in [1.29, 1.82) is 0 Å². The van der Waals surface area contributed by atoms with E-state index in [0.29, 0.717) is 0 Å². The summed E-state index contributed by atoms with van der Waals surface area (Å²) in [7, 11) is 0. The first kappa shape index (κ1) is 13.5. The number of fused-ring (bicyclic) bond motifs is 3. The Balaban J connectivity index is 1.70. The summed E-state index contributed by atoms with van der Waals surface area (Å²) in [5, 5.41) is 9.47. The lowest BCUT2D eigenvalue weighted by molar-refractivity contribution is -0.146. The first-order chi connectivity index (χ1) is 10.6. The number of anilines is 1. The van der Waals surface area contributed by atoms with E-state index in [2.05, 4.69) is 0 Å². The van der Waals surface area contributed by atoms with Crippen LogP contribution in [0.1, 0.15) is 12.5 Å². The van der Waals surface area contributed by atoms with Gasteiger partial charge in [-0.1, -0.05) is 30.4 Å². The van der Waals surface area contributed by atoms with Crippen LogP contribution in [0.3, 0.4) is 0 Å². The molecule has 3 aliphatic rings. The van der Waals surface area contributed by atoms with E-state index in [1.54, 1.807) is 11.0 Å². The molecular weight excluding hydrogens is 282 g/mol. The molecule has 3 heterocycles. The molecule has 5 atom stereocenters. The van der Waals surface area contributed by atoms with Gasteiger partial charge < -0.3 is 14.7 Å². The molecule has 0 saturated carbocycles. The van der Waals surface area contributed by atoms with Crippen LogP contribution < -0.4 is 4.90 Å². The number of benzene rings is 1. The Bertz CT molecular complexity index is 683. The Morgan fingerprint density at radius 2 is 1.86 bits per heavy atom. The number of ether oxygens (including phenoxy) is 1. The fourth-order valence-electron chi connectivity index (χ4n) is 3.96. The molecular formula is C17H17NO4. The van der Waals surface area contributed by atoms with Crippen LogP contribution in [-0.4, -0.2) is 35.2 Å². The van der Waals surface area contributed by atoms with Crippen molar-refractivity contribution in [2.45, 2.75) is 31.6 Å². The SMILES string of the molecule is C[C@H]1Cc2ccccc2N1C(=O)[C@@H]1[C@@H](C(=O)O)[C@@H]2C=C[C@@H]1O2. The van der Waals surface area contributed by atoms with Gasteiger partial charge >= 0.3 is 5.97 Å². The molecule has 1 N–H and O–H groups in total. The standard InChI is InChI=1S/C17H17NO4/c1-9-8-10-4-2-3-5-11(10)18(9)16(19)14-12-6-7-13(22-12)15(14)17(20)21/h2-7,9,12-15H,8H2,1H3,(H,20,21)/t9-,12-,13-,14-,15-/m0/s1. The molecule has 0 radical (unpaired) electrons. The van der Waals surface area contributed by atoms with Gasteiger partial charge in [0.15, 0.2) is 0 Å². The number of para-hydroxylation sites is 1. The van der Waals surface area contributed by atoms with Gasteiger partial charge in [0.05, 0.1) is 18.1 Å². The van der Waals surface area contributed by atoms with Gasteiger partial charge in [-0.3, -0.25) is 9.59 Å². The number of hydrogen-bond donors (Lipinski definition) is 1. The molecule has 0 unspecified atom stereocenters. The molecule has 22 heavy (non-hydrogen) atoms. The second kappa shape index (κ2) is 4.68. The van der Waals surface area contributed by atoms with Crippen LogP contribution in [0, 0.1) is 11.8 Å². The number of amides is 1. The van der Waals surface area contributed by atoms with E-state index in [1.165, 1.54) is 0 Å². The zero-order chi connectivity index (χ0) is 15.4. The van der Waals surface area contributed by atoms with Crippen molar-refractivity contribution in [3.05, 3.63) is 42.0 Å². The molecule has 5 heteroatoms. The van der Waals surface area contributed by atoms with E-state index in [1.807, 2.05) is 37.3 Å². The highest BCUT2D eigenvalue weighted by atomic mass is 16.5. The molecule has 114 valence electrons. The molecule has 2 bridgehead atoms. The van der Waals surface area contributed by atoms with Crippen molar-refractivity contribution >= 4 is 17.6 Å². The highest BCUT2D eigenvalue weighted by Gasteiger charge is 2.55. The van der Waals surface area contributed by atoms with Crippen molar-refractivity contribution in [3.8, 4) is 0 Å². The van der Waals surface area contributed by atoms with Crippen LogP contribution in [0.2, 0.25) is 0 Å². The Hall–Kier alpha value is -2.14. The average molecular weight is 299 g/mol. The summed E-state index contributed by atoms with van der Waals surface area (Å²) in [5.41, 5.74) is 2.03. The molecule has 3 aliphatic heterocycles. The van der Waals surface area contributed by atoms with Gasteiger partial charge in [-0.2, -0.15) is 0 Å². The van der Waals surface area contributed by atoms with Crippen molar-refractivity contribution in [3.63, 3.8) is 0 Å². The number of carbonyl (C=O) groups excluding carboxylic acids is 1. The maximum absolute atomic E-state index is 13.1. The lowest BCUT2D eigenvalue weighted by atomic mass is 9.82. The highest BCUT2D eigenvalue weighted by Crippen LogP contribution is 2.43. The van der Waals surface area contributed by atoms with E-state index >= 15 is 0 Å². The van der Waals surface area contributed by atoms with Gasteiger partial charge in [-0.25, -0.2) is 0 Å². The number of aliphatic carboxylic acids is 1. The molecule has 1 amide bonds. The number of carbonyl (C=O) groups is 2. The predicted octanol–water partition coefficient (Wildman–Crippen LogP) is 1.62. The summed E-state index contributed by atoms with van der Waals surface area (Å²) in [6.07, 6.45) is 3.48. The van der Waals surface area contributed by atoms with Gasteiger partial charge in [0.1, 0.15) is 5.92 Å². The molecule has 0 aromatic heterocycles. The van der Waals surface area contributed by atoms with Crippen LogP contribution in [0.5, 0.6) is 0 Å². The topological polar surface area (TPSA) is 66.8 Å². The van der Waals surface area contributed by atoms with Crippen LogP contribution in [-0.2, 0) is 20.7 Å². The quantitative estimate of drug-likeness (QED) is 0.843. The Labute approximate surface area is 128 Å². The lowest BCUT2D eigenvalue weighted by Gasteiger charge is -2.29. The number of nitrogens with zero attached hydrogens (tertiary/aromatic N) is 1. The summed E-state index contributed by atoms with van der Waals surface area (Å²) in [6, 6.07) is 7.86. The summed E-state index contributed by atoms with van der Waals surface area (Å²) in [6.45, 7) is 2.00. The maximum atomic E-state index is 13.1. The van der Waals surface area contributed by atoms with Crippen LogP contribution >= 0.6 is 0 Å². The molecule has 1 saturated heterocycles. The van der Waals surface area contributed by atoms with Crippen LogP contribution in [0.25, 0.3) is 0 Å². The zero-order valence-electron chi connectivity index (χ0n) is 12.2. The summed E-state index contributed by atoms with van der Waals surface area (Å²) >= 11 is 0.